The van der Waals surface area contributed by atoms with Crippen LogP contribution in [0, 0.1) is 10.1 Å². The summed E-state index contributed by atoms with van der Waals surface area (Å²) in [6, 6.07) is 27.4. The van der Waals surface area contributed by atoms with E-state index in [-0.39, 0.29) is 16.4 Å². The minimum absolute atomic E-state index is 0.198. The predicted octanol–water partition coefficient (Wildman–Crippen LogP) is 4.89. The van der Waals surface area contributed by atoms with Gasteiger partial charge in [-0.25, -0.2) is 0 Å². The molecule has 5 nitrogen and oxygen atoms in total. The summed E-state index contributed by atoms with van der Waals surface area (Å²) in [5.41, 5.74) is 1.06. The number of carbonyl (C=O) groups is 1. The first-order chi connectivity index (χ1) is 14.5. The Balaban J connectivity index is 1.89. The molecule has 4 rings (SSSR count). The Bertz CT molecular complexity index is 1080. The minimum atomic E-state index is -1.58. The van der Waals surface area contributed by atoms with Gasteiger partial charge in [-0.15, -0.1) is 0 Å². The first-order valence-corrected chi connectivity index (χ1v) is 9.83. The van der Waals surface area contributed by atoms with Crippen LogP contribution in [0.2, 0.25) is 0 Å². The van der Waals surface area contributed by atoms with E-state index >= 15 is 0 Å². The van der Waals surface area contributed by atoms with Crippen molar-refractivity contribution >= 4 is 12.0 Å². The van der Waals surface area contributed by atoms with Crippen molar-refractivity contribution in [3.8, 4) is 0 Å². The lowest BCUT2D eigenvalue weighted by Crippen LogP contribution is -2.42. The summed E-state index contributed by atoms with van der Waals surface area (Å²) in [4.78, 5) is 27.3. The lowest BCUT2D eigenvalue weighted by Gasteiger charge is -2.29. The highest BCUT2D eigenvalue weighted by atomic mass is 16.6. The normalized spacial score (nSPS) is 22.4. The smallest absolute Gasteiger partial charge is 0.273 e. The van der Waals surface area contributed by atoms with Gasteiger partial charge >= 0.3 is 0 Å². The second-order valence-electron chi connectivity index (χ2n) is 7.61. The molecular formula is C25H22N2O3. The fraction of sp³-hybridized carbons (Fsp3) is 0.160. The summed E-state index contributed by atoms with van der Waals surface area (Å²) in [7, 11) is 0. The molecule has 1 amide bonds. The number of rotatable bonds is 5. The van der Waals surface area contributed by atoms with Crippen molar-refractivity contribution in [1.82, 2.24) is 4.90 Å². The van der Waals surface area contributed by atoms with Crippen LogP contribution >= 0.6 is 0 Å². The molecule has 150 valence electrons. The molecule has 1 fully saturated rings. The molecule has 0 bridgehead atoms. The average molecular weight is 398 g/mol. The van der Waals surface area contributed by atoms with E-state index in [1.807, 2.05) is 91.0 Å². The van der Waals surface area contributed by atoms with Gasteiger partial charge in [-0.05, 0) is 22.8 Å². The van der Waals surface area contributed by atoms with Gasteiger partial charge in [0.05, 0.1) is 5.57 Å². The molecule has 0 radical (unpaired) electrons. The van der Waals surface area contributed by atoms with E-state index in [1.54, 1.807) is 17.9 Å². The first-order valence-electron chi connectivity index (χ1n) is 9.83. The Morgan fingerprint density at radius 1 is 0.933 bits per heavy atom. The number of amides is 1. The number of hydrogen-bond acceptors (Lipinski definition) is 3. The molecule has 30 heavy (non-hydrogen) atoms. The van der Waals surface area contributed by atoms with Gasteiger partial charge in [-0.1, -0.05) is 91.0 Å². The molecule has 3 aromatic rings. The van der Waals surface area contributed by atoms with Gasteiger partial charge in [-0.2, -0.15) is 0 Å². The van der Waals surface area contributed by atoms with E-state index in [1.165, 1.54) is 0 Å². The van der Waals surface area contributed by atoms with Crippen molar-refractivity contribution in [1.29, 1.82) is 0 Å². The van der Waals surface area contributed by atoms with E-state index in [9.17, 15) is 14.9 Å². The van der Waals surface area contributed by atoms with Gasteiger partial charge in [0, 0.05) is 18.4 Å². The zero-order valence-corrected chi connectivity index (χ0v) is 16.6. The average Bonchev–Trinajstić information content (AvgIpc) is 2.98. The first kappa shape index (κ1) is 19.6. The Morgan fingerprint density at radius 2 is 1.47 bits per heavy atom. The summed E-state index contributed by atoms with van der Waals surface area (Å²) in [6.45, 7) is 1.86. The van der Waals surface area contributed by atoms with Gasteiger partial charge in [-0.3, -0.25) is 14.9 Å². The van der Waals surface area contributed by atoms with Crippen LogP contribution in [-0.2, 0) is 11.3 Å². The van der Waals surface area contributed by atoms with Crippen molar-refractivity contribution in [2.45, 2.75) is 25.0 Å². The molecule has 1 heterocycles. The Labute approximate surface area is 175 Å². The third kappa shape index (κ3) is 3.39. The van der Waals surface area contributed by atoms with Crippen molar-refractivity contribution in [2.75, 3.05) is 0 Å². The highest BCUT2D eigenvalue weighted by molar-refractivity contribution is 6.03. The van der Waals surface area contributed by atoms with Crippen molar-refractivity contribution in [3.63, 3.8) is 0 Å². The lowest BCUT2D eigenvalue weighted by atomic mass is 9.83. The lowest BCUT2D eigenvalue weighted by molar-refractivity contribution is -0.558. The van der Waals surface area contributed by atoms with Crippen LogP contribution in [0.1, 0.15) is 29.7 Å². The van der Waals surface area contributed by atoms with Crippen LogP contribution in [0.15, 0.2) is 96.6 Å². The summed E-state index contributed by atoms with van der Waals surface area (Å²) < 4.78 is 0. The van der Waals surface area contributed by atoms with Crippen LogP contribution in [0.3, 0.4) is 0 Å². The number of benzene rings is 3. The Kier molecular flexibility index (Phi) is 5.19. The SMILES string of the molecule is C[C@]1([N+](=O)[O-])/C(=C\c2ccccc2)C(=O)N(Cc2ccccc2)[C@@H]1c1ccccc1. The molecule has 5 heteroatoms. The molecule has 0 aliphatic carbocycles. The molecule has 0 N–H and O–H groups in total. The largest absolute Gasteiger partial charge is 0.320 e. The van der Waals surface area contributed by atoms with E-state index in [4.69, 9.17) is 0 Å². The second kappa shape index (κ2) is 7.95. The minimum Gasteiger partial charge on any atom is -0.320 e. The maximum absolute atomic E-state index is 13.6. The van der Waals surface area contributed by atoms with Crippen molar-refractivity contribution in [3.05, 3.63) is 123 Å². The fourth-order valence-electron chi connectivity index (χ4n) is 4.14. The topological polar surface area (TPSA) is 63.5 Å². The molecule has 1 aliphatic heterocycles. The third-order valence-corrected chi connectivity index (χ3v) is 5.68. The molecule has 0 aromatic heterocycles. The quantitative estimate of drug-likeness (QED) is 0.349. The predicted molar refractivity (Wildman–Crippen MR) is 116 cm³/mol. The third-order valence-electron chi connectivity index (χ3n) is 5.68. The van der Waals surface area contributed by atoms with Gasteiger partial charge in [0.25, 0.3) is 11.4 Å². The monoisotopic (exact) mass is 398 g/mol. The number of carbonyl (C=O) groups excluding carboxylic acids is 1. The zero-order chi connectivity index (χ0) is 21.1. The van der Waals surface area contributed by atoms with E-state index in [2.05, 4.69) is 0 Å². The second-order valence-corrected chi connectivity index (χ2v) is 7.61. The van der Waals surface area contributed by atoms with Gasteiger partial charge in [0.2, 0.25) is 0 Å². The summed E-state index contributed by atoms with van der Waals surface area (Å²) in [5.74, 6) is -0.309. The maximum Gasteiger partial charge on any atom is 0.273 e. The van der Waals surface area contributed by atoms with E-state index in [0.29, 0.717) is 6.54 Å². The van der Waals surface area contributed by atoms with Gasteiger partial charge < -0.3 is 4.90 Å². The van der Waals surface area contributed by atoms with Crippen LogP contribution in [0.25, 0.3) is 6.08 Å². The highest BCUT2D eigenvalue weighted by Gasteiger charge is 2.62. The van der Waals surface area contributed by atoms with Gasteiger partial charge in [0.1, 0.15) is 6.04 Å². The number of nitrogens with zero attached hydrogens (tertiary/aromatic N) is 2. The molecule has 3 aromatic carbocycles. The number of nitro groups is 1. The molecule has 1 saturated heterocycles. The summed E-state index contributed by atoms with van der Waals surface area (Å²) in [5, 5.41) is 12.4. The molecule has 1 aliphatic rings. The van der Waals surface area contributed by atoms with Crippen LogP contribution in [0.4, 0.5) is 0 Å². The molecule has 0 saturated carbocycles. The zero-order valence-electron chi connectivity index (χ0n) is 16.6. The molecule has 0 spiro atoms. The highest BCUT2D eigenvalue weighted by Crippen LogP contribution is 2.47. The standard InChI is InChI=1S/C25H22N2O3/c1-25(27(29)30)22(17-19-11-5-2-6-12-19)24(28)26(18-20-13-7-3-8-14-20)23(25)21-15-9-4-10-16-21/h2-17,23H,18H2,1H3/b22-17-/t23-,25+/m1/s1. The molecule has 0 unspecified atom stereocenters. The fourth-order valence-corrected chi connectivity index (χ4v) is 4.14. The van der Waals surface area contributed by atoms with Crippen LogP contribution < -0.4 is 0 Å². The maximum atomic E-state index is 13.6. The van der Waals surface area contributed by atoms with Gasteiger partial charge in [0.15, 0.2) is 0 Å². The summed E-state index contributed by atoms with van der Waals surface area (Å²) >= 11 is 0. The van der Waals surface area contributed by atoms with Crippen LogP contribution in [-0.4, -0.2) is 21.3 Å². The molecule has 2 atom stereocenters. The Hall–Kier alpha value is -3.73. The summed E-state index contributed by atoms with van der Waals surface area (Å²) in [6.07, 6.45) is 1.66. The van der Waals surface area contributed by atoms with Crippen molar-refractivity contribution in [2.24, 2.45) is 0 Å². The number of likely N-dealkylation sites (tertiary alicyclic amines) is 1. The van der Waals surface area contributed by atoms with Crippen molar-refractivity contribution < 1.29 is 9.72 Å². The van der Waals surface area contributed by atoms with E-state index in [0.717, 1.165) is 16.7 Å². The van der Waals surface area contributed by atoms with Crippen LogP contribution in [0.5, 0.6) is 0 Å². The number of hydrogen-bond donors (Lipinski definition) is 0. The Morgan fingerprint density at radius 3 is 2.03 bits per heavy atom. The van der Waals surface area contributed by atoms with E-state index < -0.39 is 11.6 Å². The molecular weight excluding hydrogens is 376 g/mol.